The van der Waals surface area contributed by atoms with E-state index >= 15 is 0 Å². The van der Waals surface area contributed by atoms with Gasteiger partial charge >= 0.3 is 0 Å². The molecule has 9 heteroatoms. The molecule has 72 heavy (non-hydrogen) atoms. The SMILES string of the molecule is CC1CCC(CCC(O)CCO)CC1.Cc1ccc(C(C)O)cc1.Cc1ccc(C(O)CCO)cc1.Cc1ccc(CC(C)O)cc1.Cc1ccc(CC(O)CCO)cc1.Cc1ccc(CCC(C)O)cc1. The first-order chi connectivity index (χ1) is 34.2. The molecule has 0 amide bonds. The van der Waals surface area contributed by atoms with Gasteiger partial charge in [-0.05, 0) is 146 Å². The highest BCUT2D eigenvalue weighted by atomic mass is 16.3. The maximum absolute atomic E-state index is 9.47. The van der Waals surface area contributed by atoms with Crippen LogP contribution in [0, 0.1) is 46.5 Å². The van der Waals surface area contributed by atoms with Gasteiger partial charge < -0.3 is 46.0 Å². The third-order valence-corrected chi connectivity index (χ3v) is 12.6. The molecule has 0 aromatic heterocycles. The van der Waals surface area contributed by atoms with E-state index in [9.17, 15) is 15.3 Å². The van der Waals surface area contributed by atoms with E-state index < -0.39 is 12.2 Å². The van der Waals surface area contributed by atoms with Gasteiger partial charge in [0.1, 0.15) is 0 Å². The van der Waals surface area contributed by atoms with E-state index in [0.29, 0.717) is 25.7 Å². The average Bonchev–Trinajstić information content (AvgIpc) is 3.34. The molecule has 0 spiro atoms. The van der Waals surface area contributed by atoms with Crippen LogP contribution < -0.4 is 0 Å². The second-order valence-corrected chi connectivity index (χ2v) is 20.2. The third-order valence-electron chi connectivity index (χ3n) is 12.6. The minimum absolute atomic E-state index is 0.0229. The number of aliphatic hydroxyl groups excluding tert-OH is 9. The highest BCUT2D eigenvalue weighted by molar-refractivity contribution is 5.25. The van der Waals surface area contributed by atoms with Crippen molar-refractivity contribution in [2.75, 3.05) is 19.8 Å². The predicted molar refractivity (Wildman–Crippen MR) is 298 cm³/mol. The molecule has 5 aromatic rings. The zero-order chi connectivity index (χ0) is 53.8. The number of aliphatic hydroxyl groups is 9. The molecule has 0 bridgehead atoms. The van der Waals surface area contributed by atoms with E-state index in [0.717, 1.165) is 60.6 Å². The summed E-state index contributed by atoms with van der Waals surface area (Å²) in [6.07, 6.45) is 10.0. The molecule has 9 nitrogen and oxygen atoms in total. The standard InChI is InChI=1S/C12H24O2.C11H16O2.C11H16O.C10H14O2.C10H14O.C9H12O/c1-10-2-4-11(5-3-10)6-7-12(14)8-9-13;1-9-2-4-10(5-3-9)8-11(13)6-7-12;1-9-3-6-11(7-4-9)8-5-10(2)12;1-8-2-4-9(5-3-8)10(12)6-7-11;1-8-3-5-10(6-4-8)7-9(2)11;1-7-3-5-9(6-4-7)8(2)10/h10-14H,2-9H2,1H3;2-5,11-13H,6-8H2,1H3;3-4,6-7,10,12H,5,8H2,1-2H3;2-5,10-12H,6-7H2,1H3;3-6,9,11H,7H2,1-2H3;3-6,8,10H,1-2H3. The molecule has 6 unspecified atom stereocenters. The lowest BCUT2D eigenvalue weighted by molar-refractivity contribution is 0.113. The maximum atomic E-state index is 9.47. The van der Waals surface area contributed by atoms with Gasteiger partial charge in [-0.1, -0.05) is 182 Å². The summed E-state index contributed by atoms with van der Waals surface area (Å²) in [6, 6.07) is 40.4. The second-order valence-electron chi connectivity index (χ2n) is 20.2. The zero-order valence-electron chi connectivity index (χ0n) is 45.5. The molecule has 0 heterocycles. The van der Waals surface area contributed by atoms with Crippen molar-refractivity contribution >= 4 is 0 Å². The van der Waals surface area contributed by atoms with Crippen LogP contribution in [0.2, 0.25) is 0 Å². The maximum Gasteiger partial charge on any atom is 0.0811 e. The van der Waals surface area contributed by atoms with Crippen molar-refractivity contribution in [2.45, 2.75) is 182 Å². The van der Waals surface area contributed by atoms with Crippen molar-refractivity contribution in [3.8, 4) is 0 Å². The molecule has 6 rings (SSSR count). The van der Waals surface area contributed by atoms with Crippen LogP contribution in [-0.2, 0) is 19.3 Å². The van der Waals surface area contributed by atoms with Crippen LogP contribution in [0.25, 0.3) is 0 Å². The molecule has 5 aromatic carbocycles. The van der Waals surface area contributed by atoms with Crippen molar-refractivity contribution in [2.24, 2.45) is 11.8 Å². The molecule has 0 aliphatic heterocycles. The summed E-state index contributed by atoms with van der Waals surface area (Å²) in [7, 11) is 0. The van der Waals surface area contributed by atoms with E-state index in [1.165, 1.54) is 64.6 Å². The van der Waals surface area contributed by atoms with Crippen LogP contribution in [0.5, 0.6) is 0 Å². The molecular formula is C63H96O9. The van der Waals surface area contributed by atoms with Gasteiger partial charge in [0, 0.05) is 26.2 Å². The number of benzene rings is 5. The van der Waals surface area contributed by atoms with E-state index in [1.807, 2.05) is 100 Å². The summed E-state index contributed by atoms with van der Waals surface area (Å²) < 4.78 is 0. The largest absolute Gasteiger partial charge is 0.396 e. The normalized spacial score (nSPS) is 16.3. The lowest BCUT2D eigenvalue weighted by Crippen LogP contribution is -2.16. The molecule has 1 fully saturated rings. The summed E-state index contributed by atoms with van der Waals surface area (Å²) in [4.78, 5) is 0. The predicted octanol–water partition coefficient (Wildman–Crippen LogP) is 11.3. The molecule has 0 saturated heterocycles. The molecule has 402 valence electrons. The smallest absolute Gasteiger partial charge is 0.0811 e. The monoisotopic (exact) mass is 997 g/mol. The van der Waals surface area contributed by atoms with Crippen molar-refractivity contribution in [1.82, 2.24) is 0 Å². The van der Waals surface area contributed by atoms with Crippen LogP contribution in [0.3, 0.4) is 0 Å². The lowest BCUT2D eigenvalue weighted by atomic mass is 9.80. The number of hydrogen-bond acceptors (Lipinski definition) is 9. The van der Waals surface area contributed by atoms with Gasteiger partial charge in [-0.25, -0.2) is 0 Å². The average molecular weight is 997 g/mol. The first kappa shape index (κ1) is 65.8. The summed E-state index contributed by atoms with van der Waals surface area (Å²) in [5.74, 6) is 1.74. The highest BCUT2D eigenvalue weighted by Crippen LogP contribution is 2.31. The van der Waals surface area contributed by atoms with E-state index in [-0.39, 0.29) is 44.2 Å². The van der Waals surface area contributed by atoms with Crippen LogP contribution in [0.4, 0.5) is 0 Å². The van der Waals surface area contributed by atoms with Crippen LogP contribution in [0.15, 0.2) is 121 Å². The summed E-state index contributed by atoms with van der Waals surface area (Å²) in [5, 5.41) is 81.4. The van der Waals surface area contributed by atoms with Gasteiger partial charge in [-0.15, -0.1) is 0 Å². The molecule has 1 aliphatic rings. The Kier molecular flexibility index (Phi) is 35.8. The van der Waals surface area contributed by atoms with Crippen LogP contribution in [0.1, 0.15) is 160 Å². The minimum atomic E-state index is -0.532. The lowest BCUT2D eigenvalue weighted by Gasteiger charge is -2.26. The molecule has 6 atom stereocenters. The van der Waals surface area contributed by atoms with Crippen molar-refractivity contribution in [3.05, 3.63) is 177 Å². The second kappa shape index (κ2) is 39.2. The Labute approximate surface area is 435 Å². The number of aryl methyl sites for hydroxylation is 6. The van der Waals surface area contributed by atoms with Crippen LogP contribution in [-0.4, -0.2) is 90.2 Å². The highest BCUT2D eigenvalue weighted by Gasteiger charge is 2.19. The van der Waals surface area contributed by atoms with E-state index in [1.54, 1.807) is 13.8 Å². The number of hydrogen-bond donors (Lipinski definition) is 9. The molecule has 1 saturated carbocycles. The van der Waals surface area contributed by atoms with Gasteiger partial charge in [0.15, 0.2) is 0 Å². The zero-order valence-corrected chi connectivity index (χ0v) is 45.5. The van der Waals surface area contributed by atoms with Crippen molar-refractivity contribution < 1.29 is 46.0 Å². The van der Waals surface area contributed by atoms with Gasteiger partial charge in [0.2, 0.25) is 0 Å². The Morgan fingerprint density at radius 1 is 0.403 bits per heavy atom. The first-order valence-electron chi connectivity index (χ1n) is 26.5. The molecule has 1 aliphatic carbocycles. The third kappa shape index (κ3) is 33.5. The van der Waals surface area contributed by atoms with E-state index in [2.05, 4.69) is 69.3 Å². The fourth-order valence-electron chi connectivity index (χ4n) is 7.70. The van der Waals surface area contributed by atoms with Crippen molar-refractivity contribution in [3.63, 3.8) is 0 Å². The van der Waals surface area contributed by atoms with Crippen molar-refractivity contribution in [1.29, 1.82) is 0 Å². The first-order valence-corrected chi connectivity index (χ1v) is 26.5. The fourth-order valence-corrected chi connectivity index (χ4v) is 7.70. The summed E-state index contributed by atoms with van der Waals surface area (Å²) in [6.45, 7) is 18.1. The summed E-state index contributed by atoms with van der Waals surface area (Å²) in [5.41, 5.74) is 11.6. The Morgan fingerprint density at radius 2 is 0.778 bits per heavy atom. The molecule has 9 N–H and O–H groups in total. The van der Waals surface area contributed by atoms with Gasteiger partial charge in [0.05, 0.1) is 36.6 Å². The van der Waals surface area contributed by atoms with Crippen LogP contribution >= 0.6 is 0 Å². The molecular weight excluding hydrogens is 901 g/mol. The summed E-state index contributed by atoms with van der Waals surface area (Å²) >= 11 is 0. The van der Waals surface area contributed by atoms with Gasteiger partial charge in [0.25, 0.3) is 0 Å². The Morgan fingerprint density at radius 3 is 1.17 bits per heavy atom. The number of rotatable bonds is 18. The minimum Gasteiger partial charge on any atom is -0.396 e. The van der Waals surface area contributed by atoms with Gasteiger partial charge in [-0.2, -0.15) is 0 Å². The Balaban J connectivity index is 0.000000433. The Hall–Kier alpha value is -4.26. The quantitative estimate of drug-likeness (QED) is 0.0413. The van der Waals surface area contributed by atoms with Gasteiger partial charge in [-0.3, -0.25) is 0 Å². The Bertz CT molecular complexity index is 2010. The molecule has 0 radical (unpaired) electrons. The fraction of sp³-hybridized carbons (Fsp3) is 0.524. The topological polar surface area (TPSA) is 182 Å². The van der Waals surface area contributed by atoms with E-state index in [4.69, 9.17) is 30.6 Å².